The Morgan fingerprint density at radius 3 is 2.06 bits per heavy atom. The summed E-state index contributed by atoms with van der Waals surface area (Å²) < 4.78 is 5.14. The summed E-state index contributed by atoms with van der Waals surface area (Å²) in [6.07, 6.45) is 0. The van der Waals surface area contributed by atoms with Crippen molar-refractivity contribution >= 4 is 17.1 Å². The number of carbonyl (C=O) groups is 1. The van der Waals surface area contributed by atoms with Crippen LogP contribution in [0.4, 0.5) is 4.79 Å². The summed E-state index contributed by atoms with van der Waals surface area (Å²) in [5, 5.41) is -0.322. The number of carbonyl (C=O) groups excluding carboxylic acids is 1. The van der Waals surface area contributed by atoms with Crippen molar-refractivity contribution in [3.05, 3.63) is 60.7 Å². The van der Waals surface area contributed by atoms with E-state index in [0.29, 0.717) is 5.75 Å². The molecule has 80 valence electrons. The molecule has 0 aliphatic rings. The van der Waals surface area contributed by atoms with Crippen LogP contribution in [0.1, 0.15) is 0 Å². The first-order valence-electron chi connectivity index (χ1n) is 4.84. The highest BCUT2D eigenvalue weighted by atomic mass is 32.2. The van der Waals surface area contributed by atoms with Gasteiger partial charge in [-0.25, -0.2) is 4.79 Å². The van der Waals surface area contributed by atoms with Gasteiger partial charge in [0.25, 0.3) is 0 Å². The molecule has 0 saturated carbocycles. The van der Waals surface area contributed by atoms with E-state index in [1.54, 1.807) is 12.1 Å². The zero-order valence-electron chi connectivity index (χ0n) is 8.50. The first kappa shape index (κ1) is 10.8. The van der Waals surface area contributed by atoms with E-state index in [4.69, 9.17) is 4.74 Å². The van der Waals surface area contributed by atoms with Gasteiger partial charge in [-0.3, -0.25) is 0 Å². The van der Waals surface area contributed by atoms with Crippen LogP contribution in [0.5, 0.6) is 5.75 Å². The highest BCUT2D eigenvalue weighted by molar-refractivity contribution is 8.13. The molecule has 0 aromatic heterocycles. The van der Waals surface area contributed by atoms with Gasteiger partial charge in [-0.15, -0.1) is 0 Å². The molecule has 2 aromatic rings. The molecule has 0 radical (unpaired) electrons. The molecule has 0 aliphatic carbocycles. The Hall–Kier alpha value is -1.74. The lowest BCUT2D eigenvalue weighted by Gasteiger charge is -2.02. The van der Waals surface area contributed by atoms with E-state index in [1.165, 1.54) is 0 Å². The van der Waals surface area contributed by atoms with Gasteiger partial charge in [-0.2, -0.15) is 0 Å². The van der Waals surface area contributed by atoms with Crippen molar-refractivity contribution in [3.8, 4) is 5.75 Å². The van der Waals surface area contributed by atoms with Crippen LogP contribution in [0.3, 0.4) is 0 Å². The molecule has 0 heterocycles. The molecule has 0 unspecified atom stereocenters. The second-order valence-electron chi connectivity index (χ2n) is 3.08. The molecule has 0 fully saturated rings. The molecule has 0 bridgehead atoms. The fourth-order valence-corrected chi connectivity index (χ4v) is 1.81. The monoisotopic (exact) mass is 230 g/mol. The van der Waals surface area contributed by atoms with Crippen LogP contribution in [0.2, 0.25) is 0 Å². The predicted octanol–water partition coefficient (Wildman–Crippen LogP) is 3.98. The highest BCUT2D eigenvalue weighted by Gasteiger charge is 2.06. The molecule has 0 amide bonds. The third kappa shape index (κ3) is 3.14. The molecule has 0 spiro atoms. The summed E-state index contributed by atoms with van der Waals surface area (Å²) in [5.41, 5.74) is 0. The van der Waals surface area contributed by atoms with E-state index in [0.717, 1.165) is 16.7 Å². The van der Waals surface area contributed by atoms with E-state index in [-0.39, 0.29) is 5.30 Å². The van der Waals surface area contributed by atoms with Crippen molar-refractivity contribution in [1.82, 2.24) is 0 Å². The van der Waals surface area contributed by atoms with Gasteiger partial charge in [0.05, 0.1) is 0 Å². The zero-order chi connectivity index (χ0) is 11.2. The maximum atomic E-state index is 11.5. The van der Waals surface area contributed by atoms with Gasteiger partial charge in [0.15, 0.2) is 0 Å². The summed E-state index contributed by atoms with van der Waals surface area (Å²) in [5.74, 6) is 0.566. The van der Waals surface area contributed by atoms with Gasteiger partial charge >= 0.3 is 5.30 Å². The largest absolute Gasteiger partial charge is 0.418 e. The molecule has 0 saturated heterocycles. The van der Waals surface area contributed by atoms with E-state index in [2.05, 4.69) is 0 Å². The molecule has 0 atom stereocenters. The van der Waals surface area contributed by atoms with Crippen LogP contribution >= 0.6 is 11.8 Å². The Morgan fingerprint density at radius 1 is 0.875 bits per heavy atom. The average Bonchev–Trinajstić information content (AvgIpc) is 2.31. The molecular weight excluding hydrogens is 220 g/mol. The van der Waals surface area contributed by atoms with Crippen molar-refractivity contribution in [2.24, 2.45) is 0 Å². The minimum absolute atomic E-state index is 0.322. The maximum Gasteiger partial charge on any atom is 0.377 e. The number of hydrogen-bond acceptors (Lipinski definition) is 3. The molecule has 2 aromatic carbocycles. The molecular formula is C13H10O2S. The summed E-state index contributed by atoms with van der Waals surface area (Å²) in [6.45, 7) is 0. The lowest BCUT2D eigenvalue weighted by molar-refractivity contribution is 0.227. The molecule has 0 aliphatic heterocycles. The van der Waals surface area contributed by atoms with Gasteiger partial charge < -0.3 is 4.74 Å². The number of ether oxygens (including phenoxy) is 1. The standard InChI is InChI=1S/C13H10O2S/c14-13(15-11-7-3-1-4-8-11)16-12-9-5-2-6-10-12/h1-10H. The number of benzene rings is 2. The fraction of sp³-hybridized carbons (Fsp3) is 0. The van der Waals surface area contributed by atoms with Gasteiger partial charge in [-0.1, -0.05) is 36.4 Å². The van der Waals surface area contributed by atoms with Crippen LogP contribution in [0.15, 0.2) is 65.6 Å². The molecule has 16 heavy (non-hydrogen) atoms. The van der Waals surface area contributed by atoms with Crippen molar-refractivity contribution in [1.29, 1.82) is 0 Å². The smallest absolute Gasteiger partial charge is 0.377 e. The van der Waals surface area contributed by atoms with Gasteiger partial charge in [0.2, 0.25) is 0 Å². The summed E-state index contributed by atoms with van der Waals surface area (Å²) in [7, 11) is 0. The van der Waals surface area contributed by atoms with Crippen LogP contribution in [-0.4, -0.2) is 5.30 Å². The van der Waals surface area contributed by atoms with Crippen LogP contribution in [0.25, 0.3) is 0 Å². The fourth-order valence-electron chi connectivity index (χ4n) is 1.19. The third-order valence-electron chi connectivity index (χ3n) is 1.89. The summed E-state index contributed by atoms with van der Waals surface area (Å²) in [4.78, 5) is 12.4. The lowest BCUT2D eigenvalue weighted by Crippen LogP contribution is -1.99. The molecule has 2 nitrogen and oxygen atoms in total. The minimum atomic E-state index is -0.322. The zero-order valence-corrected chi connectivity index (χ0v) is 9.31. The second-order valence-corrected chi connectivity index (χ2v) is 4.09. The van der Waals surface area contributed by atoms with Crippen LogP contribution in [0, 0.1) is 0 Å². The van der Waals surface area contributed by atoms with Gasteiger partial charge in [-0.05, 0) is 36.0 Å². The lowest BCUT2D eigenvalue weighted by atomic mass is 10.3. The second kappa shape index (κ2) is 5.37. The van der Waals surface area contributed by atoms with Crippen molar-refractivity contribution in [2.75, 3.05) is 0 Å². The Labute approximate surface area is 98.3 Å². The molecule has 2 rings (SSSR count). The minimum Gasteiger partial charge on any atom is -0.418 e. The van der Waals surface area contributed by atoms with E-state index in [9.17, 15) is 4.79 Å². The number of thioether (sulfide) groups is 1. The predicted molar refractivity (Wildman–Crippen MR) is 64.8 cm³/mol. The Kier molecular flexibility index (Phi) is 3.62. The summed E-state index contributed by atoms with van der Waals surface area (Å²) in [6, 6.07) is 18.5. The Morgan fingerprint density at radius 2 is 1.44 bits per heavy atom. The van der Waals surface area contributed by atoms with E-state index in [1.807, 2.05) is 48.5 Å². The Balaban J connectivity index is 1.95. The normalized spacial score (nSPS) is 9.75. The van der Waals surface area contributed by atoms with Gasteiger partial charge in [0, 0.05) is 4.90 Å². The van der Waals surface area contributed by atoms with Crippen molar-refractivity contribution < 1.29 is 9.53 Å². The van der Waals surface area contributed by atoms with Gasteiger partial charge in [0.1, 0.15) is 5.75 Å². The molecule has 0 N–H and O–H groups in total. The van der Waals surface area contributed by atoms with Crippen molar-refractivity contribution in [3.63, 3.8) is 0 Å². The Bertz CT molecular complexity index is 410. The maximum absolute atomic E-state index is 11.5. The highest BCUT2D eigenvalue weighted by Crippen LogP contribution is 2.21. The van der Waals surface area contributed by atoms with Crippen LogP contribution < -0.4 is 4.74 Å². The number of hydrogen-bond donors (Lipinski definition) is 0. The topological polar surface area (TPSA) is 26.3 Å². The first-order valence-corrected chi connectivity index (χ1v) is 5.66. The quantitative estimate of drug-likeness (QED) is 0.576. The number of rotatable bonds is 2. The van der Waals surface area contributed by atoms with E-state index >= 15 is 0 Å². The first-order chi connectivity index (χ1) is 7.84. The SMILES string of the molecule is O=C(Oc1ccccc1)Sc1ccccc1. The van der Waals surface area contributed by atoms with Crippen LogP contribution in [-0.2, 0) is 0 Å². The van der Waals surface area contributed by atoms with Crippen molar-refractivity contribution in [2.45, 2.75) is 4.90 Å². The third-order valence-corrected chi connectivity index (χ3v) is 2.65. The average molecular weight is 230 g/mol. The number of para-hydroxylation sites is 1. The van der Waals surface area contributed by atoms with E-state index < -0.39 is 0 Å². The summed E-state index contributed by atoms with van der Waals surface area (Å²) >= 11 is 1.08. The molecule has 3 heteroatoms.